The Morgan fingerprint density at radius 1 is 1.25 bits per heavy atom. The van der Waals surface area contributed by atoms with Crippen molar-refractivity contribution in [2.75, 3.05) is 31.8 Å². The van der Waals surface area contributed by atoms with Gasteiger partial charge in [-0.05, 0) is 0 Å². The zero-order chi connectivity index (χ0) is 8.53. The molecule has 0 aliphatic carbocycles. The number of ether oxygens (including phenoxy) is 1. The molecule has 0 bridgehead atoms. The summed E-state index contributed by atoms with van der Waals surface area (Å²) in [6, 6.07) is 0. The Morgan fingerprint density at radius 3 is 2.33 bits per heavy atom. The van der Waals surface area contributed by atoms with Gasteiger partial charge in [0.15, 0.2) is 0 Å². The van der Waals surface area contributed by atoms with Crippen molar-refractivity contribution in [3.05, 3.63) is 0 Å². The zero-order valence-electron chi connectivity index (χ0n) is 7.02. The molecule has 3 radical (unpaired) electrons. The molecule has 0 unspecified atom stereocenters. The van der Waals surface area contributed by atoms with Gasteiger partial charge < -0.3 is 19.4 Å². The molecule has 0 aliphatic rings. The van der Waals surface area contributed by atoms with Gasteiger partial charge in [0.1, 0.15) is 0 Å². The van der Waals surface area contributed by atoms with E-state index in [2.05, 4.69) is 4.65 Å². The van der Waals surface area contributed by atoms with Crippen molar-refractivity contribution < 1.29 is 19.4 Å². The van der Waals surface area contributed by atoms with Crippen LogP contribution in [0.5, 0.6) is 0 Å². The minimum absolute atomic E-state index is 0. The van der Waals surface area contributed by atoms with Crippen LogP contribution in [0.15, 0.2) is 0 Å². The SMILES string of the molecule is COCCSCCOB([O-])[O-].[B]. The van der Waals surface area contributed by atoms with E-state index in [-0.39, 0.29) is 15.0 Å². The van der Waals surface area contributed by atoms with E-state index in [1.54, 1.807) is 18.9 Å². The maximum atomic E-state index is 9.80. The predicted octanol–water partition coefficient (Wildman–Crippen LogP) is -2.29. The molecular formula is C5H11B2O4S-2. The van der Waals surface area contributed by atoms with Gasteiger partial charge in [-0.15, -0.1) is 0 Å². The topological polar surface area (TPSA) is 64.6 Å². The first-order valence-corrected chi connectivity index (χ1v) is 4.42. The lowest BCUT2D eigenvalue weighted by Crippen LogP contribution is -2.48. The minimum atomic E-state index is -2.14. The second-order valence-electron chi connectivity index (χ2n) is 1.76. The van der Waals surface area contributed by atoms with Gasteiger partial charge in [0.25, 0.3) is 0 Å². The first-order chi connectivity index (χ1) is 5.27. The minimum Gasteiger partial charge on any atom is -0.871 e. The van der Waals surface area contributed by atoms with E-state index >= 15 is 0 Å². The summed E-state index contributed by atoms with van der Waals surface area (Å²) < 4.78 is 9.03. The molecule has 0 fully saturated rings. The second kappa shape index (κ2) is 11.3. The quantitative estimate of drug-likeness (QED) is 0.333. The highest BCUT2D eigenvalue weighted by molar-refractivity contribution is 7.99. The Hall–Kier alpha value is 0.320. The van der Waals surface area contributed by atoms with Crippen LogP contribution in [0.2, 0.25) is 0 Å². The predicted molar refractivity (Wildman–Crippen MR) is 46.7 cm³/mol. The third kappa shape index (κ3) is 12.9. The summed E-state index contributed by atoms with van der Waals surface area (Å²) in [5.74, 6) is 1.53. The van der Waals surface area contributed by atoms with Gasteiger partial charge in [-0.25, -0.2) is 0 Å². The normalized spacial score (nSPS) is 9.25. The monoisotopic (exact) mass is 189 g/mol. The highest BCUT2D eigenvalue weighted by Gasteiger charge is 1.87. The molecule has 4 nitrogen and oxygen atoms in total. The summed E-state index contributed by atoms with van der Waals surface area (Å²) in [6.07, 6.45) is 0. The molecule has 0 aromatic rings. The largest absolute Gasteiger partial charge is 0.871 e. The van der Waals surface area contributed by atoms with Gasteiger partial charge in [0.05, 0.1) is 13.9 Å². The van der Waals surface area contributed by atoms with E-state index in [0.717, 1.165) is 5.75 Å². The fourth-order valence-electron chi connectivity index (χ4n) is 0.448. The second-order valence-corrected chi connectivity index (χ2v) is 2.99. The molecule has 69 valence electrons. The van der Waals surface area contributed by atoms with Crippen molar-refractivity contribution >= 4 is 27.5 Å². The number of thioether (sulfide) groups is 1. The average molecular weight is 189 g/mol. The van der Waals surface area contributed by atoms with Crippen molar-refractivity contribution in [2.24, 2.45) is 0 Å². The standard InChI is InChI=1S/C5H11BO4S.B/c1-9-2-4-11-5-3-10-6(7)8;/h2-5H2,1H3;/q-2;. The van der Waals surface area contributed by atoms with E-state index in [0.29, 0.717) is 12.4 Å². The van der Waals surface area contributed by atoms with Crippen molar-refractivity contribution in [3.8, 4) is 0 Å². The molecule has 0 spiro atoms. The molecule has 0 saturated carbocycles. The summed E-state index contributed by atoms with van der Waals surface area (Å²) in [6.45, 7) is 0.912. The van der Waals surface area contributed by atoms with Crippen LogP contribution in [0.25, 0.3) is 0 Å². The number of hydrogen-bond acceptors (Lipinski definition) is 5. The lowest BCUT2D eigenvalue weighted by atomic mass is 10.3. The lowest BCUT2D eigenvalue weighted by Gasteiger charge is -2.25. The van der Waals surface area contributed by atoms with Crippen molar-refractivity contribution in [1.29, 1.82) is 0 Å². The van der Waals surface area contributed by atoms with Crippen LogP contribution >= 0.6 is 11.8 Å². The van der Waals surface area contributed by atoms with Gasteiger partial charge in [-0.1, -0.05) is 0 Å². The molecular weight excluding hydrogens is 178 g/mol. The van der Waals surface area contributed by atoms with E-state index in [1.165, 1.54) is 0 Å². The molecule has 0 heterocycles. The average Bonchev–Trinajstić information content (AvgIpc) is 1.96. The smallest absolute Gasteiger partial charge is 0.0604 e. The lowest BCUT2D eigenvalue weighted by molar-refractivity contribution is -0.381. The Labute approximate surface area is 79.4 Å². The third-order valence-electron chi connectivity index (χ3n) is 0.913. The van der Waals surface area contributed by atoms with Gasteiger partial charge in [-0.2, -0.15) is 11.8 Å². The van der Waals surface area contributed by atoms with Crippen LogP contribution in [-0.4, -0.2) is 47.6 Å². The Kier molecular flexibility index (Phi) is 14.0. The number of hydrogen-bond donors (Lipinski definition) is 0. The van der Waals surface area contributed by atoms with Gasteiger partial charge >= 0.3 is 0 Å². The summed E-state index contributed by atoms with van der Waals surface area (Å²) in [4.78, 5) is 0. The molecule has 0 atom stereocenters. The van der Waals surface area contributed by atoms with Crippen LogP contribution in [-0.2, 0) is 9.39 Å². The highest BCUT2D eigenvalue weighted by atomic mass is 32.2. The van der Waals surface area contributed by atoms with E-state index in [1.807, 2.05) is 0 Å². The molecule has 0 aromatic carbocycles. The zero-order valence-corrected chi connectivity index (χ0v) is 7.84. The van der Waals surface area contributed by atoms with Gasteiger partial charge in [0.2, 0.25) is 0 Å². The van der Waals surface area contributed by atoms with E-state index in [4.69, 9.17) is 4.74 Å². The van der Waals surface area contributed by atoms with Crippen molar-refractivity contribution in [2.45, 2.75) is 0 Å². The first-order valence-electron chi connectivity index (χ1n) is 3.27. The molecule has 0 aliphatic heterocycles. The van der Waals surface area contributed by atoms with Crippen LogP contribution in [0.4, 0.5) is 0 Å². The van der Waals surface area contributed by atoms with Crippen molar-refractivity contribution in [3.63, 3.8) is 0 Å². The van der Waals surface area contributed by atoms with E-state index < -0.39 is 7.32 Å². The van der Waals surface area contributed by atoms with Crippen LogP contribution < -0.4 is 10.0 Å². The molecule has 12 heavy (non-hydrogen) atoms. The van der Waals surface area contributed by atoms with Crippen LogP contribution in [0.3, 0.4) is 0 Å². The number of methoxy groups -OCH3 is 1. The molecule has 0 saturated heterocycles. The van der Waals surface area contributed by atoms with Gasteiger partial charge in [0, 0.05) is 33.6 Å². The molecule has 7 heteroatoms. The Balaban J connectivity index is 0. The summed E-state index contributed by atoms with van der Waals surface area (Å²) in [5, 5.41) is 19.6. The first kappa shape index (κ1) is 14.8. The maximum absolute atomic E-state index is 9.80. The maximum Gasteiger partial charge on any atom is 0.0604 e. The highest BCUT2D eigenvalue weighted by Crippen LogP contribution is 1.97. The Bertz CT molecular complexity index is 85.8. The third-order valence-corrected chi connectivity index (χ3v) is 1.82. The van der Waals surface area contributed by atoms with E-state index in [9.17, 15) is 10.0 Å². The summed E-state index contributed by atoms with van der Waals surface area (Å²) in [5.41, 5.74) is 0. The van der Waals surface area contributed by atoms with Crippen LogP contribution in [0, 0.1) is 0 Å². The van der Waals surface area contributed by atoms with Crippen LogP contribution in [0.1, 0.15) is 0 Å². The number of rotatable bonds is 7. The summed E-state index contributed by atoms with van der Waals surface area (Å²) >= 11 is 1.59. The molecule has 0 N–H and O–H groups in total. The fourth-order valence-corrected chi connectivity index (χ4v) is 1.15. The molecule has 0 aromatic heterocycles. The summed E-state index contributed by atoms with van der Waals surface area (Å²) in [7, 11) is -0.513. The van der Waals surface area contributed by atoms with Gasteiger partial charge in [-0.3, -0.25) is 0 Å². The fraction of sp³-hybridized carbons (Fsp3) is 1.00. The van der Waals surface area contributed by atoms with Crippen molar-refractivity contribution in [1.82, 2.24) is 0 Å². The Morgan fingerprint density at radius 2 is 1.83 bits per heavy atom. The molecule has 0 amide bonds. The molecule has 0 rings (SSSR count).